The number of nitrogens with one attached hydrogen (secondary N) is 1. The van der Waals surface area contributed by atoms with E-state index in [0.717, 1.165) is 15.7 Å². The van der Waals surface area contributed by atoms with Gasteiger partial charge in [-0.1, -0.05) is 17.7 Å². The van der Waals surface area contributed by atoms with Crippen molar-refractivity contribution >= 4 is 7.82 Å². The van der Waals surface area contributed by atoms with Gasteiger partial charge in [0.05, 0.1) is 6.61 Å². The molecule has 0 amide bonds. The molecule has 4 atom stereocenters. The molecule has 2 aliphatic rings. The molecule has 3 heterocycles. The number of rotatable bonds is 4. The Hall–Kier alpha value is -2.30. The fraction of sp³-hybridized carbons (Fsp3) is 0.474. The largest absolute Gasteiger partial charge is 0.530 e. The Labute approximate surface area is 176 Å². The highest BCUT2D eigenvalue weighted by Gasteiger charge is 2.50. The van der Waals surface area contributed by atoms with Crippen LogP contribution in [-0.2, 0) is 25.0 Å². The molecule has 1 unspecified atom stereocenters. The third-order valence-corrected chi connectivity index (χ3v) is 6.41. The first-order valence-electron chi connectivity index (χ1n) is 9.54. The van der Waals surface area contributed by atoms with Crippen molar-refractivity contribution in [2.24, 2.45) is 0 Å². The minimum atomic E-state index is -4.14. The van der Waals surface area contributed by atoms with Crippen LogP contribution in [0.1, 0.15) is 34.9 Å². The Kier molecular flexibility index (Phi) is 5.43. The molecule has 2 aliphatic heterocycles. The van der Waals surface area contributed by atoms with Crippen molar-refractivity contribution < 1.29 is 32.4 Å². The summed E-state index contributed by atoms with van der Waals surface area (Å²) < 4.78 is 50.0. The summed E-state index contributed by atoms with van der Waals surface area (Å²) in [6.07, 6.45) is -2.22. The summed E-state index contributed by atoms with van der Waals surface area (Å²) in [6.45, 7) is 4.23. The third kappa shape index (κ3) is 4.24. The van der Waals surface area contributed by atoms with Gasteiger partial charge in [-0.15, -0.1) is 0 Å². The fourth-order valence-electron chi connectivity index (χ4n) is 3.67. The summed E-state index contributed by atoms with van der Waals surface area (Å²) in [7, 11) is -4.14. The van der Waals surface area contributed by atoms with E-state index in [1.54, 1.807) is 6.92 Å². The number of phosphoric acid groups is 1. The summed E-state index contributed by atoms with van der Waals surface area (Å²) in [5.74, 6) is -2.21. The molecule has 0 bridgehead atoms. The van der Waals surface area contributed by atoms with Gasteiger partial charge in [-0.2, -0.15) is 0 Å². The third-order valence-electron chi connectivity index (χ3n) is 5.11. The van der Waals surface area contributed by atoms with Gasteiger partial charge in [0.15, 0.2) is 6.23 Å². The Morgan fingerprint density at radius 1 is 1.32 bits per heavy atom. The summed E-state index contributed by atoms with van der Waals surface area (Å²) >= 11 is 0. The number of nitrogens with zero attached hydrogens (tertiary/aromatic N) is 1. The van der Waals surface area contributed by atoms with Gasteiger partial charge in [-0.05, 0) is 26.3 Å². The molecule has 10 nitrogen and oxygen atoms in total. The van der Waals surface area contributed by atoms with E-state index in [1.807, 2.05) is 19.1 Å². The monoisotopic (exact) mass is 456 g/mol. The maximum Gasteiger partial charge on any atom is 0.530 e. The zero-order chi connectivity index (χ0) is 22.6. The van der Waals surface area contributed by atoms with E-state index in [1.165, 1.54) is 13.1 Å². The van der Waals surface area contributed by atoms with Gasteiger partial charge in [-0.3, -0.25) is 23.4 Å². The van der Waals surface area contributed by atoms with Crippen LogP contribution in [0.5, 0.6) is 5.75 Å². The highest BCUT2D eigenvalue weighted by atomic mass is 31.2. The molecule has 1 aromatic heterocycles. The normalized spacial score (nSPS) is 30.1. The Morgan fingerprint density at radius 2 is 2.06 bits per heavy atom. The molecule has 0 saturated carbocycles. The molecule has 168 valence electrons. The zero-order valence-corrected chi connectivity index (χ0v) is 18.0. The molecule has 2 N–H and O–H groups in total. The number of aliphatic hydroxyl groups is 1. The predicted molar refractivity (Wildman–Crippen MR) is 106 cm³/mol. The van der Waals surface area contributed by atoms with Crippen molar-refractivity contribution in [1.82, 2.24) is 9.55 Å². The summed E-state index contributed by atoms with van der Waals surface area (Å²) in [4.78, 5) is 25.6. The maximum absolute atomic E-state index is 15.2. The standard InChI is InChI=1S/C19H22FN2O8P/c1-10-4-11(2)15-13(5-10)8-27-31(26,30-15)28-9-19(20)6-14(23)17(29-19)22-7-12(3)16(24)21-18(22)25/h4-5,7,14,17,23H,6,8-9H2,1-3H3,(H,21,24,25)/t14-,17-,19+,31?/m1/s1. The topological polar surface area (TPSA) is 129 Å². The number of ether oxygens (including phenoxy) is 1. The highest BCUT2D eigenvalue weighted by Crippen LogP contribution is 2.56. The average molecular weight is 456 g/mol. The van der Waals surface area contributed by atoms with Crippen LogP contribution in [0.25, 0.3) is 0 Å². The lowest BCUT2D eigenvalue weighted by molar-refractivity contribution is -0.179. The molecule has 4 rings (SSSR count). The summed E-state index contributed by atoms with van der Waals surface area (Å²) in [5.41, 5.74) is 1.13. The fourth-order valence-corrected chi connectivity index (χ4v) is 4.99. The van der Waals surface area contributed by atoms with Gasteiger partial charge in [0.25, 0.3) is 5.56 Å². The lowest BCUT2D eigenvalue weighted by Crippen LogP contribution is -2.37. The molecule has 2 aromatic rings. The number of benzene rings is 1. The second-order valence-electron chi connectivity index (χ2n) is 7.80. The van der Waals surface area contributed by atoms with Crippen LogP contribution in [0.15, 0.2) is 27.9 Å². The van der Waals surface area contributed by atoms with Crippen LogP contribution >= 0.6 is 7.82 Å². The number of phosphoric ester groups is 1. The van der Waals surface area contributed by atoms with Crippen LogP contribution in [0.3, 0.4) is 0 Å². The summed E-state index contributed by atoms with van der Waals surface area (Å²) in [5, 5.41) is 10.3. The number of hydrogen-bond donors (Lipinski definition) is 2. The van der Waals surface area contributed by atoms with Crippen LogP contribution in [-0.4, -0.2) is 33.2 Å². The average Bonchev–Trinajstić information content (AvgIpc) is 2.99. The van der Waals surface area contributed by atoms with Gasteiger partial charge < -0.3 is 14.4 Å². The van der Waals surface area contributed by atoms with Crippen LogP contribution in [0.4, 0.5) is 4.39 Å². The van der Waals surface area contributed by atoms with E-state index >= 15 is 4.39 Å². The second-order valence-corrected chi connectivity index (χ2v) is 9.39. The Balaban J connectivity index is 1.49. The van der Waals surface area contributed by atoms with Crippen LogP contribution in [0, 0.1) is 20.8 Å². The Morgan fingerprint density at radius 3 is 2.81 bits per heavy atom. The number of aromatic nitrogens is 2. The number of H-pyrrole nitrogens is 1. The van der Waals surface area contributed by atoms with Gasteiger partial charge in [0, 0.05) is 23.7 Å². The van der Waals surface area contributed by atoms with Gasteiger partial charge in [-0.25, -0.2) is 13.8 Å². The number of fused-ring (bicyclic) bond motifs is 1. The van der Waals surface area contributed by atoms with Crippen LogP contribution < -0.4 is 15.8 Å². The summed E-state index contributed by atoms with van der Waals surface area (Å²) in [6, 6.07) is 3.67. The molecule has 0 radical (unpaired) electrons. The molecular weight excluding hydrogens is 434 g/mol. The van der Waals surface area contributed by atoms with E-state index in [0.29, 0.717) is 11.3 Å². The lowest BCUT2D eigenvalue weighted by atomic mass is 10.1. The number of halogens is 1. The molecule has 1 fully saturated rings. The molecule has 0 aliphatic carbocycles. The number of aryl methyl sites for hydroxylation is 3. The first-order chi connectivity index (χ1) is 14.5. The van der Waals surface area contributed by atoms with Crippen molar-refractivity contribution in [2.75, 3.05) is 6.61 Å². The number of aliphatic hydroxyl groups excluding tert-OH is 1. The minimum Gasteiger partial charge on any atom is -0.403 e. The van der Waals surface area contributed by atoms with E-state index in [4.69, 9.17) is 18.3 Å². The molecular formula is C19H22FN2O8P. The quantitative estimate of drug-likeness (QED) is 0.670. The van der Waals surface area contributed by atoms with E-state index in [9.17, 15) is 19.3 Å². The van der Waals surface area contributed by atoms with E-state index < -0.39 is 50.3 Å². The SMILES string of the molecule is Cc1cc(C)c2c(c1)COP(=O)(OC[C@]1(F)C[C@@H](O)[C@H](n3cc(C)c(=O)[nH]c3=O)O1)O2. The highest BCUT2D eigenvalue weighted by molar-refractivity contribution is 7.49. The lowest BCUT2D eigenvalue weighted by Gasteiger charge is -2.28. The molecule has 0 spiro atoms. The van der Waals surface area contributed by atoms with Gasteiger partial charge in [0.2, 0.25) is 5.85 Å². The molecule has 12 heteroatoms. The maximum atomic E-state index is 15.2. The van der Waals surface area contributed by atoms with Gasteiger partial charge >= 0.3 is 13.5 Å². The number of alkyl halides is 1. The first-order valence-corrected chi connectivity index (χ1v) is 11.0. The van der Waals surface area contributed by atoms with E-state index in [2.05, 4.69) is 4.98 Å². The molecule has 1 saturated heterocycles. The van der Waals surface area contributed by atoms with Crippen molar-refractivity contribution in [1.29, 1.82) is 0 Å². The van der Waals surface area contributed by atoms with Gasteiger partial charge in [0.1, 0.15) is 18.5 Å². The number of hydrogen-bond acceptors (Lipinski definition) is 8. The second kappa shape index (κ2) is 7.68. The van der Waals surface area contributed by atoms with Crippen molar-refractivity contribution in [3.63, 3.8) is 0 Å². The zero-order valence-electron chi connectivity index (χ0n) is 17.1. The minimum absolute atomic E-state index is 0.0351. The molecule has 1 aromatic carbocycles. The van der Waals surface area contributed by atoms with Crippen LogP contribution in [0.2, 0.25) is 0 Å². The smallest absolute Gasteiger partial charge is 0.403 e. The molecule has 31 heavy (non-hydrogen) atoms. The van der Waals surface area contributed by atoms with Crippen molar-refractivity contribution in [3.05, 3.63) is 61.4 Å². The predicted octanol–water partition coefficient (Wildman–Crippen LogP) is 2.14. The Bertz CT molecular complexity index is 1190. The van der Waals surface area contributed by atoms with Crippen molar-refractivity contribution in [3.8, 4) is 5.75 Å². The number of aromatic amines is 1. The van der Waals surface area contributed by atoms with E-state index in [-0.39, 0.29) is 12.2 Å². The van der Waals surface area contributed by atoms with Crippen molar-refractivity contribution in [2.45, 2.75) is 52.0 Å². The first kappa shape index (κ1) is 21.9.